The fraction of sp³-hybridized carbons (Fsp3) is 0.357. The second-order valence-corrected chi connectivity index (χ2v) is 4.31. The molecule has 0 saturated heterocycles. The smallest absolute Gasteiger partial charge is 0.326 e. The molecule has 3 N–H and O–H groups in total. The fourth-order valence-corrected chi connectivity index (χ4v) is 1.61. The standard InChI is InChI=1S/C14H18N2O4/c1-2-11(14(19)20)16-13(18)9-15-12(17)8-10-6-4-3-5-7-10/h3-7,11H,2,8-9H2,1H3,(H,15,17)(H,16,18)(H,19,20). The molecule has 0 spiro atoms. The second-order valence-electron chi connectivity index (χ2n) is 4.31. The molecule has 20 heavy (non-hydrogen) atoms. The monoisotopic (exact) mass is 278 g/mol. The highest BCUT2D eigenvalue weighted by molar-refractivity contribution is 5.88. The third-order valence-electron chi connectivity index (χ3n) is 2.70. The zero-order valence-corrected chi connectivity index (χ0v) is 11.3. The van der Waals surface area contributed by atoms with Crippen LogP contribution in [0.3, 0.4) is 0 Å². The van der Waals surface area contributed by atoms with Gasteiger partial charge in [0.05, 0.1) is 13.0 Å². The highest BCUT2D eigenvalue weighted by atomic mass is 16.4. The van der Waals surface area contributed by atoms with Crippen LogP contribution in [0.1, 0.15) is 18.9 Å². The van der Waals surface area contributed by atoms with Crippen LogP contribution >= 0.6 is 0 Å². The van der Waals surface area contributed by atoms with Crippen molar-refractivity contribution in [1.29, 1.82) is 0 Å². The number of benzene rings is 1. The van der Waals surface area contributed by atoms with Gasteiger partial charge in [0, 0.05) is 0 Å². The van der Waals surface area contributed by atoms with Gasteiger partial charge in [-0.15, -0.1) is 0 Å². The van der Waals surface area contributed by atoms with E-state index < -0.39 is 17.9 Å². The number of rotatable bonds is 7. The highest BCUT2D eigenvalue weighted by Crippen LogP contribution is 1.98. The number of hydrogen-bond acceptors (Lipinski definition) is 3. The number of aliphatic carboxylic acids is 1. The van der Waals surface area contributed by atoms with Crippen LogP contribution in [0.4, 0.5) is 0 Å². The largest absolute Gasteiger partial charge is 0.480 e. The molecule has 1 unspecified atom stereocenters. The van der Waals surface area contributed by atoms with Gasteiger partial charge in [-0.25, -0.2) is 4.79 Å². The molecule has 0 saturated carbocycles. The molecule has 0 aliphatic heterocycles. The Balaban J connectivity index is 2.34. The summed E-state index contributed by atoms with van der Waals surface area (Å²) in [6.07, 6.45) is 0.475. The Morgan fingerprint density at radius 3 is 2.35 bits per heavy atom. The molecule has 0 radical (unpaired) electrons. The molecule has 6 heteroatoms. The average Bonchev–Trinajstić information content (AvgIpc) is 2.43. The summed E-state index contributed by atoms with van der Waals surface area (Å²) in [4.78, 5) is 33.8. The first-order valence-corrected chi connectivity index (χ1v) is 6.35. The molecule has 0 aliphatic carbocycles. The molecule has 1 rings (SSSR count). The predicted octanol–water partition coefficient (Wildman–Crippen LogP) is 0.325. The Kier molecular flexibility index (Phi) is 6.22. The Morgan fingerprint density at radius 1 is 1.15 bits per heavy atom. The van der Waals surface area contributed by atoms with E-state index in [1.807, 2.05) is 30.3 Å². The van der Waals surface area contributed by atoms with Crippen molar-refractivity contribution in [2.24, 2.45) is 0 Å². The highest BCUT2D eigenvalue weighted by Gasteiger charge is 2.17. The van der Waals surface area contributed by atoms with Gasteiger partial charge in [0.15, 0.2) is 0 Å². The minimum atomic E-state index is -1.09. The molecular weight excluding hydrogens is 260 g/mol. The van der Waals surface area contributed by atoms with Crippen LogP contribution in [-0.2, 0) is 20.8 Å². The van der Waals surface area contributed by atoms with Crippen molar-refractivity contribution < 1.29 is 19.5 Å². The van der Waals surface area contributed by atoms with Gasteiger partial charge in [-0.05, 0) is 12.0 Å². The van der Waals surface area contributed by atoms with E-state index in [-0.39, 0.29) is 18.9 Å². The summed E-state index contributed by atoms with van der Waals surface area (Å²) in [5, 5.41) is 13.6. The molecule has 0 heterocycles. The number of carbonyl (C=O) groups excluding carboxylic acids is 2. The van der Waals surface area contributed by atoms with Gasteiger partial charge in [0.2, 0.25) is 11.8 Å². The topological polar surface area (TPSA) is 95.5 Å². The number of hydrogen-bond donors (Lipinski definition) is 3. The number of amides is 2. The molecule has 1 aromatic carbocycles. The summed E-state index contributed by atoms with van der Waals surface area (Å²) >= 11 is 0. The van der Waals surface area contributed by atoms with Crippen molar-refractivity contribution in [3.63, 3.8) is 0 Å². The molecule has 6 nitrogen and oxygen atoms in total. The van der Waals surface area contributed by atoms with E-state index in [2.05, 4.69) is 10.6 Å². The summed E-state index contributed by atoms with van der Waals surface area (Å²) in [6.45, 7) is 1.43. The molecular formula is C14H18N2O4. The SMILES string of the molecule is CCC(NC(=O)CNC(=O)Cc1ccccc1)C(=O)O. The molecule has 2 amide bonds. The normalized spacial score (nSPS) is 11.4. The minimum Gasteiger partial charge on any atom is -0.480 e. The second kappa shape index (κ2) is 7.93. The molecule has 0 aliphatic rings. The number of nitrogens with one attached hydrogen (secondary N) is 2. The Hall–Kier alpha value is -2.37. The summed E-state index contributed by atoms with van der Waals surface area (Å²) in [7, 11) is 0. The van der Waals surface area contributed by atoms with Crippen LogP contribution in [0.25, 0.3) is 0 Å². The van der Waals surface area contributed by atoms with Crippen molar-refractivity contribution in [2.45, 2.75) is 25.8 Å². The first kappa shape index (κ1) is 15.7. The first-order valence-electron chi connectivity index (χ1n) is 6.35. The van der Waals surface area contributed by atoms with Gasteiger partial charge >= 0.3 is 5.97 Å². The lowest BCUT2D eigenvalue weighted by Gasteiger charge is -2.12. The predicted molar refractivity (Wildman–Crippen MR) is 73.0 cm³/mol. The van der Waals surface area contributed by atoms with Crippen LogP contribution in [0, 0.1) is 0 Å². The number of carboxylic acid groups (broad SMARTS) is 1. The van der Waals surface area contributed by atoms with Gasteiger partial charge in [0.1, 0.15) is 6.04 Å². The van der Waals surface area contributed by atoms with Crippen LogP contribution in [0.15, 0.2) is 30.3 Å². The van der Waals surface area contributed by atoms with Gasteiger partial charge in [0.25, 0.3) is 0 Å². The molecule has 108 valence electrons. The van der Waals surface area contributed by atoms with Crippen molar-refractivity contribution in [3.8, 4) is 0 Å². The summed E-state index contributed by atoms with van der Waals surface area (Å²) in [5.41, 5.74) is 0.849. The van der Waals surface area contributed by atoms with E-state index >= 15 is 0 Å². The number of carboxylic acids is 1. The van der Waals surface area contributed by atoms with Crippen LogP contribution < -0.4 is 10.6 Å². The summed E-state index contributed by atoms with van der Waals surface area (Å²) < 4.78 is 0. The van der Waals surface area contributed by atoms with E-state index in [0.717, 1.165) is 5.56 Å². The molecule has 1 atom stereocenters. The molecule has 0 fully saturated rings. The third-order valence-corrected chi connectivity index (χ3v) is 2.70. The maximum absolute atomic E-state index is 11.6. The van der Waals surface area contributed by atoms with E-state index in [9.17, 15) is 14.4 Å². The van der Waals surface area contributed by atoms with Gasteiger partial charge < -0.3 is 15.7 Å². The molecule has 0 aromatic heterocycles. The zero-order valence-electron chi connectivity index (χ0n) is 11.3. The quantitative estimate of drug-likeness (QED) is 0.669. The van der Waals surface area contributed by atoms with Crippen molar-refractivity contribution in [2.75, 3.05) is 6.54 Å². The van der Waals surface area contributed by atoms with Gasteiger partial charge in [-0.2, -0.15) is 0 Å². The maximum Gasteiger partial charge on any atom is 0.326 e. The Labute approximate surface area is 117 Å². The number of carbonyl (C=O) groups is 3. The van der Waals surface area contributed by atoms with E-state index in [1.165, 1.54) is 0 Å². The summed E-state index contributed by atoms with van der Waals surface area (Å²) in [6, 6.07) is 8.22. The van der Waals surface area contributed by atoms with E-state index in [1.54, 1.807) is 6.92 Å². The van der Waals surface area contributed by atoms with Crippen molar-refractivity contribution in [3.05, 3.63) is 35.9 Å². The Morgan fingerprint density at radius 2 is 1.80 bits per heavy atom. The lowest BCUT2D eigenvalue weighted by Crippen LogP contribution is -2.45. The molecule has 1 aromatic rings. The maximum atomic E-state index is 11.6. The van der Waals surface area contributed by atoms with Crippen LogP contribution in [0.2, 0.25) is 0 Å². The third kappa shape index (κ3) is 5.51. The lowest BCUT2D eigenvalue weighted by atomic mass is 10.1. The van der Waals surface area contributed by atoms with Gasteiger partial charge in [-0.3, -0.25) is 9.59 Å². The Bertz CT molecular complexity index is 473. The molecule has 0 bridgehead atoms. The average molecular weight is 278 g/mol. The van der Waals surface area contributed by atoms with Gasteiger partial charge in [-0.1, -0.05) is 37.3 Å². The lowest BCUT2D eigenvalue weighted by molar-refractivity contribution is -0.141. The summed E-state index contributed by atoms with van der Waals surface area (Å²) in [5.74, 6) is -1.88. The van der Waals surface area contributed by atoms with Crippen molar-refractivity contribution >= 4 is 17.8 Å². The fourth-order valence-electron chi connectivity index (χ4n) is 1.61. The van der Waals surface area contributed by atoms with E-state index in [4.69, 9.17) is 5.11 Å². The van der Waals surface area contributed by atoms with E-state index in [0.29, 0.717) is 6.42 Å². The zero-order chi connectivity index (χ0) is 15.0. The van der Waals surface area contributed by atoms with Crippen molar-refractivity contribution in [1.82, 2.24) is 10.6 Å². The van der Waals surface area contributed by atoms with Crippen LogP contribution in [0.5, 0.6) is 0 Å². The van der Waals surface area contributed by atoms with Crippen LogP contribution in [-0.4, -0.2) is 35.5 Å². The minimum absolute atomic E-state index is 0.185. The first-order chi connectivity index (χ1) is 9.52.